The summed E-state index contributed by atoms with van der Waals surface area (Å²) in [4.78, 5) is 0. The molecule has 0 saturated heterocycles. The van der Waals surface area contributed by atoms with Crippen LogP contribution in [0.4, 0.5) is 0 Å². The largest absolute Gasteiger partial charge is 0.464 e. The van der Waals surface area contributed by atoms with Crippen LogP contribution in [0, 0.1) is 0 Å². The van der Waals surface area contributed by atoms with Gasteiger partial charge in [-0.3, -0.25) is 0 Å². The van der Waals surface area contributed by atoms with Crippen LogP contribution >= 0.6 is 18.9 Å². The summed E-state index contributed by atoms with van der Waals surface area (Å²) < 4.78 is 12.2. The molecule has 2 nitrogen and oxygen atoms in total. The van der Waals surface area contributed by atoms with Crippen molar-refractivity contribution in [1.82, 2.24) is 0 Å². The molecule has 0 aromatic rings. The molecule has 0 aliphatic heterocycles. The first kappa shape index (κ1) is 18.2. The normalized spacial score (nSPS) is 10.9. The van der Waals surface area contributed by atoms with E-state index in [9.17, 15) is 0 Å². The first-order valence-corrected chi connectivity index (χ1v) is 12.9. The van der Waals surface area contributed by atoms with E-state index in [-0.39, 0.29) is 16.5 Å². The molecule has 0 unspecified atom stereocenters. The Balaban J connectivity index is 2.96. The van der Waals surface area contributed by atoms with Crippen molar-refractivity contribution in [1.29, 1.82) is 0 Å². The van der Waals surface area contributed by atoms with E-state index in [4.69, 9.17) is 9.47 Å². The van der Waals surface area contributed by atoms with Gasteiger partial charge in [-0.1, -0.05) is 44.8 Å². The number of ether oxygens (including phenoxy) is 2. The van der Waals surface area contributed by atoms with Gasteiger partial charge >= 0.3 is 16.5 Å². The molecule has 0 amide bonds. The van der Waals surface area contributed by atoms with Crippen molar-refractivity contribution in [2.45, 2.75) is 50.0 Å². The molecule has 0 aliphatic carbocycles. The predicted octanol–water partition coefficient (Wildman–Crippen LogP) is 4.37. The van der Waals surface area contributed by atoms with Gasteiger partial charge in [-0.2, -0.15) is 0 Å². The molecular formula is C13H25IMgO2. The number of hydrogen-bond donors (Lipinski definition) is 0. The van der Waals surface area contributed by atoms with Crippen LogP contribution in [0.1, 0.15) is 45.4 Å². The molecule has 0 aliphatic rings. The third-order valence-corrected chi connectivity index (χ3v) is 5.37. The molecule has 0 aromatic heterocycles. The highest BCUT2D eigenvalue weighted by Crippen LogP contribution is 1.99. The van der Waals surface area contributed by atoms with Crippen molar-refractivity contribution in [2.75, 3.05) is 20.0 Å². The van der Waals surface area contributed by atoms with Crippen molar-refractivity contribution in [3.8, 4) is 0 Å². The van der Waals surface area contributed by atoms with Gasteiger partial charge < -0.3 is 28.3 Å². The van der Waals surface area contributed by atoms with E-state index in [2.05, 4.69) is 37.9 Å². The zero-order valence-corrected chi connectivity index (χ0v) is 14.7. The van der Waals surface area contributed by atoms with E-state index < -0.39 is 0 Å². The summed E-state index contributed by atoms with van der Waals surface area (Å²) in [7, 11) is 0. The first-order chi connectivity index (χ1) is 8.41. The number of unbranched alkanes of at least 4 members (excludes halogenated alkanes) is 3. The van der Waals surface area contributed by atoms with E-state index in [0.717, 1.165) is 26.1 Å². The van der Waals surface area contributed by atoms with Crippen LogP contribution in [0.3, 0.4) is 0 Å². The lowest BCUT2D eigenvalue weighted by molar-refractivity contribution is -0.0531. The SMILES string of the molecule is CCCCCCOCOCC/C=C/C[CH2][Mg][I]. The van der Waals surface area contributed by atoms with Crippen LogP contribution in [0.5, 0.6) is 0 Å². The molecule has 0 N–H and O–H groups in total. The molecule has 0 fully saturated rings. The zero-order chi connectivity index (χ0) is 12.6. The maximum absolute atomic E-state index is 5.38. The minimum Gasteiger partial charge on any atom is -0.355 e. The Bertz CT molecular complexity index is 165. The zero-order valence-electron chi connectivity index (χ0n) is 11.1. The molecular weight excluding hydrogens is 339 g/mol. The highest BCUT2D eigenvalue weighted by atomic mass is 127. The van der Waals surface area contributed by atoms with E-state index in [1.807, 2.05) is 0 Å². The van der Waals surface area contributed by atoms with Crippen molar-refractivity contribution in [3.05, 3.63) is 12.2 Å². The number of halogens is 1. The van der Waals surface area contributed by atoms with Gasteiger partial charge in [0.15, 0.2) is 0 Å². The number of hydrogen-bond acceptors (Lipinski definition) is 2. The van der Waals surface area contributed by atoms with Crippen LogP contribution in [0.25, 0.3) is 0 Å². The smallest absolute Gasteiger partial charge is 0.355 e. The number of rotatable bonds is 13. The second-order valence-corrected chi connectivity index (χ2v) is 8.41. The van der Waals surface area contributed by atoms with E-state index >= 15 is 0 Å². The lowest BCUT2D eigenvalue weighted by atomic mass is 10.2. The Hall–Kier alpha value is 1.16. The highest BCUT2D eigenvalue weighted by Gasteiger charge is 1.90. The lowest BCUT2D eigenvalue weighted by Gasteiger charge is -2.04. The third-order valence-electron chi connectivity index (χ3n) is 2.41. The molecule has 98 valence electrons. The molecule has 0 heterocycles. The van der Waals surface area contributed by atoms with Gasteiger partial charge in [0.1, 0.15) is 6.79 Å². The van der Waals surface area contributed by atoms with Crippen molar-refractivity contribution in [3.63, 3.8) is 0 Å². The standard InChI is InChI=1S/C13H25O2.HI.Mg/c1-3-5-7-9-11-14-13-15-12-10-8-6-4-2;;/h5,7H,1,3-4,6,8-13H2,2H3;1H;/q;;+1/p-1/b7-5+;;. The molecule has 0 rings (SSSR count). The second-order valence-electron chi connectivity index (χ2n) is 4.09. The fourth-order valence-electron chi connectivity index (χ4n) is 1.39. The van der Waals surface area contributed by atoms with E-state index in [1.165, 1.54) is 30.2 Å². The summed E-state index contributed by atoms with van der Waals surface area (Å²) in [5.41, 5.74) is 0. The van der Waals surface area contributed by atoms with Gasteiger partial charge in [-0.05, 0) is 12.8 Å². The van der Waals surface area contributed by atoms with Crippen molar-refractivity contribution >= 4 is 35.3 Å². The molecule has 0 spiro atoms. The average molecular weight is 365 g/mol. The molecule has 0 radical (unpaired) electrons. The Morgan fingerprint density at radius 2 is 1.76 bits per heavy atom. The van der Waals surface area contributed by atoms with Crippen LogP contribution in [0.2, 0.25) is 4.55 Å². The Morgan fingerprint density at radius 3 is 2.53 bits per heavy atom. The average Bonchev–Trinajstić information content (AvgIpc) is 2.35. The van der Waals surface area contributed by atoms with Gasteiger partial charge in [0.2, 0.25) is 0 Å². The second kappa shape index (κ2) is 17.2. The summed E-state index contributed by atoms with van der Waals surface area (Å²) in [6.07, 6.45) is 11.8. The van der Waals surface area contributed by atoms with Crippen molar-refractivity contribution in [2.24, 2.45) is 0 Å². The van der Waals surface area contributed by atoms with Crippen LogP contribution in [-0.2, 0) is 9.47 Å². The molecule has 0 bridgehead atoms. The monoisotopic (exact) mass is 364 g/mol. The summed E-state index contributed by atoms with van der Waals surface area (Å²) in [6.45, 7) is 4.31. The molecule has 0 saturated carbocycles. The Labute approximate surface area is 126 Å². The van der Waals surface area contributed by atoms with E-state index in [1.54, 1.807) is 0 Å². The van der Waals surface area contributed by atoms with Gasteiger partial charge in [0.25, 0.3) is 0 Å². The van der Waals surface area contributed by atoms with Crippen LogP contribution in [0.15, 0.2) is 12.2 Å². The van der Waals surface area contributed by atoms with E-state index in [0.29, 0.717) is 6.79 Å². The van der Waals surface area contributed by atoms with Gasteiger partial charge in [0, 0.05) is 6.61 Å². The first-order valence-electron chi connectivity index (χ1n) is 6.78. The minimum absolute atomic E-state index is 0.221. The molecule has 17 heavy (non-hydrogen) atoms. The van der Waals surface area contributed by atoms with Gasteiger partial charge in [0.05, 0.1) is 6.61 Å². The van der Waals surface area contributed by atoms with Gasteiger partial charge in [-0.25, -0.2) is 0 Å². The summed E-state index contributed by atoms with van der Waals surface area (Å²) in [5.74, 6) is 0. The number of allylic oxidation sites excluding steroid dienone is 1. The summed E-state index contributed by atoms with van der Waals surface area (Å²) in [5, 5.41) is 0. The Kier molecular flexibility index (Phi) is 18.3. The highest BCUT2D eigenvalue weighted by molar-refractivity contribution is 14.1. The quantitative estimate of drug-likeness (QED) is 0.159. The third kappa shape index (κ3) is 17.2. The fourth-order valence-corrected chi connectivity index (χ4v) is 3.10. The molecule has 0 atom stereocenters. The lowest BCUT2D eigenvalue weighted by Crippen LogP contribution is -2.02. The van der Waals surface area contributed by atoms with Crippen molar-refractivity contribution < 1.29 is 9.47 Å². The van der Waals surface area contributed by atoms with Crippen LogP contribution < -0.4 is 0 Å². The summed E-state index contributed by atoms with van der Waals surface area (Å²) in [6, 6.07) is 0. The molecule has 0 aromatic carbocycles. The topological polar surface area (TPSA) is 18.5 Å². The fraction of sp³-hybridized carbons (Fsp3) is 0.846. The maximum atomic E-state index is 5.38. The Morgan fingerprint density at radius 1 is 1.00 bits per heavy atom. The maximum Gasteiger partial charge on any atom is 0.464 e. The predicted molar refractivity (Wildman–Crippen MR) is 83.9 cm³/mol. The summed E-state index contributed by atoms with van der Waals surface area (Å²) >= 11 is 2.77. The molecule has 4 heteroatoms. The minimum atomic E-state index is 0.221. The van der Waals surface area contributed by atoms with Crippen LogP contribution in [-0.4, -0.2) is 36.5 Å². The van der Waals surface area contributed by atoms with Gasteiger partial charge in [-0.15, -0.1) is 4.55 Å².